The van der Waals surface area contributed by atoms with E-state index in [0.29, 0.717) is 30.1 Å². The van der Waals surface area contributed by atoms with E-state index in [4.69, 9.17) is 10.3 Å². The average molecular weight is 376 g/mol. The van der Waals surface area contributed by atoms with Gasteiger partial charge < -0.3 is 20.5 Å². The molecule has 0 aliphatic heterocycles. The van der Waals surface area contributed by atoms with Gasteiger partial charge in [-0.05, 0) is 64.5 Å². The van der Waals surface area contributed by atoms with Gasteiger partial charge in [0.25, 0.3) is 0 Å². The fourth-order valence-corrected chi connectivity index (χ4v) is 5.51. The van der Waals surface area contributed by atoms with Gasteiger partial charge in [0, 0.05) is 12.0 Å². The van der Waals surface area contributed by atoms with Crippen LogP contribution in [0.25, 0.3) is 0 Å². The topological polar surface area (TPSA) is 97.3 Å². The second-order valence-corrected chi connectivity index (χ2v) is 9.22. The van der Waals surface area contributed by atoms with Gasteiger partial charge in [0.1, 0.15) is 5.54 Å². The van der Waals surface area contributed by atoms with E-state index in [1.54, 1.807) is 0 Å². The Bertz CT molecular complexity index is 653. The number of amides is 1. The Morgan fingerprint density at radius 3 is 2.52 bits per heavy atom. The van der Waals surface area contributed by atoms with Gasteiger partial charge >= 0.3 is 0 Å². The molecule has 1 aromatic rings. The van der Waals surface area contributed by atoms with E-state index < -0.39 is 5.54 Å². The molecule has 7 heteroatoms. The van der Waals surface area contributed by atoms with Crippen LogP contribution in [0.4, 0.5) is 0 Å². The van der Waals surface area contributed by atoms with Gasteiger partial charge in [0.15, 0.2) is 5.82 Å². The molecule has 1 aromatic heterocycles. The second kappa shape index (κ2) is 7.51. The van der Waals surface area contributed by atoms with Crippen LogP contribution in [0.3, 0.4) is 0 Å². The van der Waals surface area contributed by atoms with Crippen LogP contribution < -0.4 is 11.1 Å². The van der Waals surface area contributed by atoms with Gasteiger partial charge in [-0.25, -0.2) is 0 Å². The second-order valence-electron chi connectivity index (χ2n) is 9.22. The lowest BCUT2D eigenvalue weighted by molar-refractivity contribution is -0.130. The predicted molar refractivity (Wildman–Crippen MR) is 102 cm³/mol. The number of carbonyl (C=O) groups excluding carboxylic acids is 1. The molecule has 27 heavy (non-hydrogen) atoms. The summed E-state index contributed by atoms with van der Waals surface area (Å²) >= 11 is 0. The molecular weight excluding hydrogens is 342 g/mol. The molecule has 3 aliphatic carbocycles. The summed E-state index contributed by atoms with van der Waals surface area (Å²) in [6, 6.07) is 0.286. The number of fused-ring (bicyclic) bond motifs is 2. The van der Waals surface area contributed by atoms with Crippen LogP contribution in [0.5, 0.6) is 0 Å². The van der Waals surface area contributed by atoms with Crippen molar-refractivity contribution in [3.63, 3.8) is 0 Å². The van der Waals surface area contributed by atoms with Crippen molar-refractivity contribution < 1.29 is 9.32 Å². The standard InChI is InChI=1S/C20H33N5O2/c1-25(2)12-16-22-19(24-27-16)20(8-3-4-9-20)23-18(26)15-10-13-6-5-7-14(11-15)17(13)21/h13-15,17H,3-12,21H2,1-2H3,(H,23,26). The quantitative estimate of drug-likeness (QED) is 0.819. The van der Waals surface area contributed by atoms with Crippen LogP contribution >= 0.6 is 0 Å². The van der Waals surface area contributed by atoms with Crippen molar-refractivity contribution in [3.05, 3.63) is 11.7 Å². The number of hydrogen-bond acceptors (Lipinski definition) is 6. The maximum atomic E-state index is 13.2. The fraction of sp³-hybridized carbons (Fsp3) is 0.850. The smallest absolute Gasteiger partial charge is 0.240 e. The highest BCUT2D eigenvalue weighted by molar-refractivity contribution is 5.79. The molecule has 1 heterocycles. The number of nitrogens with zero attached hydrogens (tertiary/aromatic N) is 3. The van der Waals surface area contributed by atoms with Crippen LogP contribution in [0.15, 0.2) is 4.52 Å². The molecule has 0 saturated heterocycles. The van der Waals surface area contributed by atoms with Crippen LogP contribution in [-0.4, -0.2) is 41.1 Å². The molecule has 150 valence electrons. The Morgan fingerprint density at radius 1 is 1.22 bits per heavy atom. The zero-order valence-corrected chi connectivity index (χ0v) is 16.6. The summed E-state index contributed by atoms with van der Waals surface area (Å²) in [5, 5.41) is 7.61. The van der Waals surface area contributed by atoms with Crippen molar-refractivity contribution in [1.29, 1.82) is 0 Å². The Balaban J connectivity index is 1.48. The third-order valence-corrected chi connectivity index (χ3v) is 6.95. The minimum Gasteiger partial charge on any atom is -0.343 e. The average Bonchev–Trinajstić information content (AvgIpc) is 3.24. The van der Waals surface area contributed by atoms with Crippen molar-refractivity contribution in [2.24, 2.45) is 23.5 Å². The molecule has 3 aliphatic rings. The molecule has 3 fully saturated rings. The molecule has 7 nitrogen and oxygen atoms in total. The molecule has 3 N–H and O–H groups in total. The van der Waals surface area contributed by atoms with Crippen molar-refractivity contribution in [3.8, 4) is 0 Å². The first-order valence-electron chi connectivity index (χ1n) is 10.5. The van der Waals surface area contributed by atoms with Gasteiger partial charge in [-0.1, -0.05) is 24.4 Å². The summed E-state index contributed by atoms with van der Waals surface area (Å²) in [5.74, 6) is 2.51. The maximum Gasteiger partial charge on any atom is 0.240 e. The third-order valence-electron chi connectivity index (χ3n) is 6.95. The van der Waals surface area contributed by atoms with Gasteiger partial charge in [-0.15, -0.1) is 0 Å². The number of nitrogens with one attached hydrogen (secondary N) is 1. The molecule has 0 spiro atoms. The minimum atomic E-state index is -0.459. The van der Waals surface area contributed by atoms with Crippen molar-refractivity contribution in [2.45, 2.75) is 75.9 Å². The molecule has 2 unspecified atom stereocenters. The van der Waals surface area contributed by atoms with E-state index >= 15 is 0 Å². The monoisotopic (exact) mass is 375 g/mol. The zero-order chi connectivity index (χ0) is 19.0. The lowest BCUT2D eigenvalue weighted by Gasteiger charge is -2.44. The molecule has 2 bridgehead atoms. The maximum absolute atomic E-state index is 13.2. The molecule has 3 saturated carbocycles. The highest BCUT2D eigenvalue weighted by Gasteiger charge is 2.45. The van der Waals surface area contributed by atoms with Crippen molar-refractivity contribution >= 4 is 5.91 Å². The number of hydrogen-bond donors (Lipinski definition) is 2. The van der Waals surface area contributed by atoms with E-state index in [9.17, 15) is 4.79 Å². The molecule has 0 radical (unpaired) electrons. The molecule has 0 aromatic carbocycles. The zero-order valence-electron chi connectivity index (χ0n) is 16.6. The van der Waals surface area contributed by atoms with Gasteiger partial charge in [0.2, 0.25) is 11.8 Å². The number of rotatable bonds is 5. The summed E-state index contributed by atoms with van der Waals surface area (Å²) in [6.07, 6.45) is 9.40. The molecular formula is C20H33N5O2. The first kappa shape index (κ1) is 18.9. The Labute approximate surface area is 161 Å². The summed E-state index contributed by atoms with van der Waals surface area (Å²) in [5.41, 5.74) is 5.94. The van der Waals surface area contributed by atoms with E-state index in [2.05, 4.69) is 15.5 Å². The summed E-state index contributed by atoms with van der Waals surface area (Å²) in [7, 11) is 3.95. The van der Waals surface area contributed by atoms with E-state index in [1.807, 2.05) is 19.0 Å². The number of nitrogens with two attached hydrogens (primary N) is 1. The highest BCUT2D eigenvalue weighted by atomic mass is 16.5. The Hall–Kier alpha value is -1.47. The van der Waals surface area contributed by atoms with Crippen molar-refractivity contribution in [1.82, 2.24) is 20.4 Å². The van der Waals surface area contributed by atoms with E-state index in [-0.39, 0.29) is 17.9 Å². The lowest BCUT2D eigenvalue weighted by Crippen LogP contribution is -2.52. The van der Waals surface area contributed by atoms with E-state index in [0.717, 1.165) is 38.5 Å². The summed E-state index contributed by atoms with van der Waals surface area (Å²) in [6.45, 7) is 0.612. The Kier molecular flexibility index (Phi) is 5.25. The van der Waals surface area contributed by atoms with Gasteiger partial charge in [0.05, 0.1) is 6.54 Å². The third kappa shape index (κ3) is 3.76. The molecule has 4 rings (SSSR count). The summed E-state index contributed by atoms with van der Waals surface area (Å²) in [4.78, 5) is 19.8. The number of aromatic nitrogens is 2. The molecule has 2 atom stereocenters. The predicted octanol–water partition coefficient (Wildman–Crippen LogP) is 2.17. The minimum absolute atomic E-state index is 0.0747. The Morgan fingerprint density at radius 2 is 1.89 bits per heavy atom. The van der Waals surface area contributed by atoms with E-state index in [1.165, 1.54) is 19.3 Å². The normalized spacial score (nSPS) is 32.6. The SMILES string of the molecule is CN(C)Cc1nc(C2(NC(=O)C3CC4CCCC(C3)C4N)CCCC2)no1. The van der Waals surface area contributed by atoms with Crippen LogP contribution in [0.2, 0.25) is 0 Å². The number of carbonyl (C=O) groups is 1. The summed E-state index contributed by atoms with van der Waals surface area (Å²) < 4.78 is 5.44. The van der Waals surface area contributed by atoms with Crippen molar-refractivity contribution in [2.75, 3.05) is 14.1 Å². The van der Waals surface area contributed by atoms with Crippen LogP contribution in [0.1, 0.15) is 69.5 Å². The highest BCUT2D eigenvalue weighted by Crippen LogP contribution is 2.43. The first-order valence-corrected chi connectivity index (χ1v) is 10.5. The fourth-order valence-electron chi connectivity index (χ4n) is 5.51. The first-order chi connectivity index (χ1) is 13.0. The van der Waals surface area contributed by atoms with Crippen LogP contribution in [-0.2, 0) is 16.9 Å². The lowest BCUT2D eigenvalue weighted by atomic mass is 9.65. The molecule has 1 amide bonds. The van der Waals surface area contributed by atoms with Gasteiger partial charge in [-0.3, -0.25) is 4.79 Å². The van der Waals surface area contributed by atoms with Crippen LogP contribution in [0, 0.1) is 17.8 Å². The van der Waals surface area contributed by atoms with Gasteiger partial charge in [-0.2, -0.15) is 4.98 Å². The largest absolute Gasteiger partial charge is 0.343 e.